The number of aliphatic hydroxyl groups is 1. The van der Waals surface area contributed by atoms with Gasteiger partial charge in [0.25, 0.3) is 0 Å². The van der Waals surface area contributed by atoms with Crippen molar-refractivity contribution in [3.63, 3.8) is 0 Å². The molecule has 3 rings (SSSR count). The third-order valence-electron chi connectivity index (χ3n) is 4.96. The van der Waals surface area contributed by atoms with Gasteiger partial charge < -0.3 is 25.4 Å². The minimum absolute atomic E-state index is 0.0535. The molecule has 3 N–H and O–H groups in total. The highest BCUT2D eigenvalue weighted by molar-refractivity contribution is 7.13. The molecular formula is C19H28N4O4S. The molecule has 0 aliphatic carbocycles. The number of hydrogen-bond donors (Lipinski definition) is 3. The van der Waals surface area contributed by atoms with Crippen LogP contribution in [-0.2, 0) is 14.3 Å². The maximum atomic E-state index is 12.3. The lowest BCUT2D eigenvalue weighted by atomic mass is 10.0. The molecule has 2 aliphatic rings. The minimum atomic E-state index is -0.568. The van der Waals surface area contributed by atoms with Gasteiger partial charge in [0.1, 0.15) is 6.10 Å². The van der Waals surface area contributed by atoms with E-state index in [0.717, 1.165) is 19.6 Å². The summed E-state index contributed by atoms with van der Waals surface area (Å²) >= 11 is 1.35. The maximum Gasteiger partial charge on any atom is 0.229 e. The standard InChI is InChI=1S/C19H28N4O4S/c24-13-16-15(21-17(25)6-10-23-8-2-1-3-9-23)5-4-14(27-16)12-18(26)22-19-20-7-11-28-19/h4-5,7,11,14-16,24H,1-3,6,8-10,12-13H2,(H,21,25)(H,20,22,26)/t14-,15+,16-/m0/s1. The highest BCUT2D eigenvalue weighted by Crippen LogP contribution is 2.18. The van der Waals surface area contributed by atoms with Crippen LogP contribution in [0.15, 0.2) is 23.7 Å². The predicted octanol–water partition coefficient (Wildman–Crippen LogP) is 1.15. The van der Waals surface area contributed by atoms with E-state index in [1.165, 1.54) is 30.6 Å². The second-order valence-corrected chi connectivity index (χ2v) is 8.01. The average molecular weight is 409 g/mol. The van der Waals surface area contributed by atoms with Gasteiger partial charge in [-0.05, 0) is 25.9 Å². The normalized spacial score (nSPS) is 25.4. The molecular weight excluding hydrogens is 380 g/mol. The largest absolute Gasteiger partial charge is 0.394 e. The number of amides is 2. The Labute approximate surface area is 169 Å². The lowest BCUT2D eigenvalue weighted by Gasteiger charge is -2.32. The molecule has 0 spiro atoms. The zero-order valence-corrected chi connectivity index (χ0v) is 16.7. The van der Waals surface area contributed by atoms with E-state index in [0.29, 0.717) is 11.6 Å². The Morgan fingerprint density at radius 3 is 2.79 bits per heavy atom. The summed E-state index contributed by atoms with van der Waals surface area (Å²) in [7, 11) is 0. The predicted molar refractivity (Wildman–Crippen MR) is 107 cm³/mol. The van der Waals surface area contributed by atoms with Crippen LogP contribution in [0.1, 0.15) is 32.1 Å². The highest BCUT2D eigenvalue weighted by Gasteiger charge is 2.29. The average Bonchev–Trinajstić information content (AvgIpc) is 3.21. The maximum absolute atomic E-state index is 12.3. The molecule has 0 bridgehead atoms. The molecule has 2 amide bonds. The van der Waals surface area contributed by atoms with Crippen molar-refractivity contribution in [3.8, 4) is 0 Å². The molecule has 3 heterocycles. The van der Waals surface area contributed by atoms with Crippen LogP contribution in [-0.4, -0.2) is 71.3 Å². The minimum Gasteiger partial charge on any atom is -0.394 e. The second-order valence-electron chi connectivity index (χ2n) is 7.12. The van der Waals surface area contributed by atoms with Gasteiger partial charge in [-0.1, -0.05) is 18.6 Å². The fourth-order valence-corrected chi connectivity index (χ4v) is 4.02. The summed E-state index contributed by atoms with van der Waals surface area (Å²) in [4.78, 5) is 30.7. The number of aliphatic hydroxyl groups excluding tert-OH is 1. The first-order chi connectivity index (χ1) is 13.6. The Morgan fingerprint density at radius 1 is 1.25 bits per heavy atom. The fraction of sp³-hybridized carbons (Fsp3) is 0.632. The molecule has 8 nitrogen and oxygen atoms in total. The van der Waals surface area contributed by atoms with Gasteiger partial charge in [0, 0.05) is 24.5 Å². The number of aromatic nitrogens is 1. The van der Waals surface area contributed by atoms with Crippen LogP contribution in [0.2, 0.25) is 0 Å². The Kier molecular flexibility index (Phi) is 7.96. The molecule has 2 aliphatic heterocycles. The molecule has 0 aromatic carbocycles. The number of carbonyl (C=O) groups excluding carboxylic acids is 2. The SMILES string of the molecule is O=C(C[C@@H]1C=C[C@@H](NC(=O)CCN2CCCCC2)[C@H](CO)O1)Nc1nccs1. The smallest absolute Gasteiger partial charge is 0.229 e. The van der Waals surface area contributed by atoms with Crippen molar-refractivity contribution in [1.29, 1.82) is 0 Å². The lowest BCUT2D eigenvalue weighted by molar-refractivity contribution is -0.126. The van der Waals surface area contributed by atoms with Crippen molar-refractivity contribution >= 4 is 28.3 Å². The molecule has 0 saturated carbocycles. The molecule has 9 heteroatoms. The number of nitrogens with one attached hydrogen (secondary N) is 2. The van der Waals surface area contributed by atoms with E-state index < -0.39 is 18.2 Å². The Hall–Kier alpha value is -1.81. The van der Waals surface area contributed by atoms with Crippen LogP contribution in [0.25, 0.3) is 0 Å². The summed E-state index contributed by atoms with van der Waals surface area (Å²) in [5.74, 6) is -0.257. The van der Waals surface area contributed by atoms with Crippen molar-refractivity contribution in [3.05, 3.63) is 23.7 Å². The molecule has 3 atom stereocenters. The molecule has 1 fully saturated rings. The third-order valence-corrected chi connectivity index (χ3v) is 5.65. The molecule has 1 aromatic rings. The van der Waals surface area contributed by atoms with Gasteiger partial charge in [-0.15, -0.1) is 11.3 Å². The lowest BCUT2D eigenvalue weighted by Crippen LogP contribution is -2.49. The summed E-state index contributed by atoms with van der Waals surface area (Å²) in [5.41, 5.74) is 0. The van der Waals surface area contributed by atoms with Gasteiger partial charge in [-0.3, -0.25) is 9.59 Å². The number of rotatable bonds is 8. The fourth-order valence-electron chi connectivity index (χ4n) is 3.47. The number of anilines is 1. The van der Waals surface area contributed by atoms with Gasteiger partial charge in [-0.2, -0.15) is 0 Å². The zero-order valence-electron chi connectivity index (χ0n) is 15.9. The molecule has 1 saturated heterocycles. The number of piperidine rings is 1. The summed E-state index contributed by atoms with van der Waals surface area (Å²) < 4.78 is 5.79. The Balaban J connectivity index is 1.44. The van der Waals surface area contributed by atoms with Crippen LogP contribution < -0.4 is 10.6 Å². The van der Waals surface area contributed by atoms with Crippen LogP contribution in [0.3, 0.4) is 0 Å². The molecule has 154 valence electrons. The van der Waals surface area contributed by atoms with E-state index in [4.69, 9.17) is 4.74 Å². The summed E-state index contributed by atoms with van der Waals surface area (Å²) in [6.07, 6.45) is 8.42. The van der Waals surface area contributed by atoms with E-state index in [1.807, 2.05) is 6.08 Å². The van der Waals surface area contributed by atoms with Crippen molar-refractivity contribution in [1.82, 2.24) is 15.2 Å². The number of nitrogens with zero attached hydrogens (tertiary/aromatic N) is 2. The van der Waals surface area contributed by atoms with E-state index in [1.54, 1.807) is 17.7 Å². The van der Waals surface area contributed by atoms with Crippen LogP contribution in [0, 0.1) is 0 Å². The van der Waals surface area contributed by atoms with Gasteiger partial charge in [0.2, 0.25) is 11.8 Å². The van der Waals surface area contributed by atoms with Crippen molar-refractivity contribution in [2.24, 2.45) is 0 Å². The number of ether oxygens (including phenoxy) is 1. The van der Waals surface area contributed by atoms with E-state index in [2.05, 4.69) is 20.5 Å². The van der Waals surface area contributed by atoms with Crippen molar-refractivity contribution in [2.75, 3.05) is 31.6 Å². The highest BCUT2D eigenvalue weighted by atomic mass is 32.1. The van der Waals surface area contributed by atoms with E-state index in [9.17, 15) is 14.7 Å². The van der Waals surface area contributed by atoms with Crippen molar-refractivity contribution < 1.29 is 19.4 Å². The summed E-state index contributed by atoms with van der Waals surface area (Å²) in [6, 6.07) is -0.392. The summed E-state index contributed by atoms with van der Waals surface area (Å²) in [6.45, 7) is 2.64. The monoisotopic (exact) mass is 408 g/mol. The molecule has 28 heavy (non-hydrogen) atoms. The number of likely N-dealkylation sites (tertiary alicyclic amines) is 1. The number of thiazole rings is 1. The Morgan fingerprint density at radius 2 is 2.07 bits per heavy atom. The van der Waals surface area contributed by atoms with Gasteiger partial charge in [0.05, 0.1) is 25.2 Å². The quantitative estimate of drug-likeness (QED) is 0.558. The van der Waals surface area contributed by atoms with E-state index >= 15 is 0 Å². The van der Waals surface area contributed by atoms with Crippen molar-refractivity contribution in [2.45, 2.75) is 50.4 Å². The van der Waals surface area contributed by atoms with Gasteiger partial charge in [-0.25, -0.2) is 4.98 Å². The molecule has 0 radical (unpaired) electrons. The first kappa shape index (κ1) is 20.9. The number of carbonyl (C=O) groups is 2. The molecule has 1 aromatic heterocycles. The first-order valence-corrected chi connectivity index (χ1v) is 10.7. The number of hydrogen-bond acceptors (Lipinski definition) is 7. The van der Waals surface area contributed by atoms with Crippen LogP contribution in [0.5, 0.6) is 0 Å². The topological polar surface area (TPSA) is 104 Å². The molecule has 0 unspecified atom stereocenters. The Bertz CT molecular complexity index is 661. The second kappa shape index (κ2) is 10.7. The van der Waals surface area contributed by atoms with E-state index in [-0.39, 0.29) is 24.8 Å². The first-order valence-electron chi connectivity index (χ1n) is 9.80. The third kappa shape index (κ3) is 6.37. The van der Waals surface area contributed by atoms with Gasteiger partial charge >= 0.3 is 0 Å². The summed E-state index contributed by atoms with van der Waals surface area (Å²) in [5, 5.41) is 17.6. The van der Waals surface area contributed by atoms with Crippen LogP contribution >= 0.6 is 11.3 Å². The van der Waals surface area contributed by atoms with Crippen LogP contribution in [0.4, 0.5) is 5.13 Å². The van der Waals surface area contributed by atoms with Gasteiger partial charge in [0.15, 0.2) is 5.13 Å². The zero-order chi connectivity index (χ0) is 19.8.